The Morgan fingerprint density at radius 3 is 2.38 bits per heavy atom. The second kappa shape index (κ2) is 5.88. The van der Waals surface area contributed by atoms with Crippen LogP contribution in [0.4, 0.5) is 0 Å². The third-order valence-corrected chi connectivity index (χ3v) is 2.35. The van der Waals surface area contributed by atoms with Gasteiger partial charge in [0.1, 0.15) is 6.04 Å². The molecule has 0 saturated heterocycles. The van der Waals surface area contributed by atoms with Crippen LogP contribution in [0.2, 0.25) is 0 Å². The maximum Gasteiger partial charge on any atom is 0.108 e. The number of hydrogen-bond acceptors (Lipinski definition) is 2. The summed E-state index contributed by atoms with van der Waals surface area (Å²) in [7, 11) is 0. The van der Waals surface area contributed by atoms with Crippen molar-refractivity contribution in [3.8, 4) is 0 Å². The molecule has 84 valence electrons. The van der Waals surface area contributed by atoms with Gasteiger partial charge < -0.3 is 15.6 Å². The van der Waals surface area contributed by atoms with E-state index >= 15 is 0 Å². The van der Waals surface area contributed by atoms with E-state index in [1.807, 2.05) is 0 Å². The van der Waals surface area contributed by atoms with Crippen molar-refractivity contribution in [2.75, 3.05) is 0 Å². The van der Waals surface area contributed by atoms with Crippen molar-refractivity contribution in [2.45, 2.75) is 13.0 Å². The first-order valence-corrected chi connectivity index (χ1v) is 5.07. The summed E-state index contributed by atoms with van der Waals surface area (Å²) in [6.45, 7) is 1.63. The molecule has 3 nitrogen and oxygen atoms in total. The minimum Gasteiger partial charge on any atom is -0.554 e. The van der Waals surface area contributed by atoms with E-state index in [1.165, 1.54) is 16.3 Å². The molecule has 2 aromatic rings. The second-order valence-electron chi connectivity index (χ2n) is 3.57. The van der Waals surface area contributed by atoms with Gasteiger partial charge in [0.15, 0.2) is 0 Å². The Labute approximate surface area is 94.5 Å². The van der Waals surface area contributed by atoms with Gasteiger partial charge in [0.25, 0.3) is 0 Å². The summed E-state index contributed by atoms with van der Waals surface area (Å²) >= 11 is 0. The fourth-order valence-corrected chi connectivity index (χ4v) is 1.68. The van der Waals surface area contributed by atoms with Gasteiger partial charge >= 0.3 is 0 Å². The molecule has 0 aliphatic rings. The van der Waals surface area contributed by atoms with Crippen molar-refractivity contribution in [3.05, 3.63) is 48.0 Å². The van der Waals surface area contributed by atoms with Crippen LogP contribution in [-0.4, -0.2) is 6.47 Å². The molecule has 2 rings (SSSR count). The van der Waals surface area contributed by atoms with Gasteiger partial charge in [-0.15, -0.1) is 0 Å². The third-order valence-electron chi connectivity index (χ3n) is 2.35. The van der Waals surface area contributed by atoms with Gasteiger partial charge in [-0.2, -0.15) is 0 Å². The average molecular weight is 217 g/mol. The summed E-state index contributed by atoms with van der Waals surface area (Å²) < 4.78 is 0. The van der Waals surface area contributed by atoms with Crippen molar-refractivity contribution in [3.63, 3.8) is 0 Å². The number of hydrogen-bond donors (Lipinski definition) is 1. The van der Waals surface area contributed by atoms with Crippen molar-refractivity contribution in [1.82, 2.24) is 0 Å². The summed E-state index contributed by atoms with van der Waals surface area (Å²) in [6, 6.07) is 15.2. The molecule has 1 atom stereocenters. The van der Waals surface area contributed by atoms with Crippen molar-refractivity contribution < 1.29 is 15.6 Å². The summed E-state index contributed by atoms with van der Waals surface area (Å²) in [4.78, 5) is 8.25. The molecule has 16 heavy (non-hydrogen) atoms. The molecule has 0 aliphatic heterocycles. The van der Waals surface area contributed by atoms with E-state index in [2.05, 4.69) is 55.1 Å². The standard InChI is InChI=1S/C12H13N.CH2O2/c1-9(13)11-8-4-6-10-5-2-3-7-12(10)11;2-1-3/h2-9H,13H2,1H3;1H,(H,2,3)/t9-;/m0./s1. The molecule has 3 heteroatoms. The van der Waals surface area contributed by atoms with E-state index in [4.69, 9.17) is 9.90 Å². The van der Waals surface area contributed by atoms with Crippen molar-refractivity contribution >= 4 is 17.2 Å². The van der Waals surface area contributed by atoms with Crippen LogP contribution in [0.3, 0.4) is 0 Å². The summed E-state index contributed by atoms with van der Waals surface area (Å²) in [5.74, 6) is 0. The molecular formula is C13H15NO2. The molecule has 2 aromatic carbocycles. The number of benzene rings is 2. The average Bonchev–Trinajstić information content (AvgIpc) is 2.29. The minimum absolute atomic E-state index is 0.353. The monoisotopic (exact) mass is 217 g/mol. The van der Waals surface area contributed by atoms with Gasteiger partial charge in [0, 0.05) is 12.0 Å². The highest BCUT2D eigenvalue weighted by Gasteiger charge is 2.05. The van der Waals surface area contributed by atoms with E-state index in [-0.39, 0.29) is 0 Å². The molecule has 0 heterocycles. The minimum atomic E-state index is -0.500. The SMILES string of the molecule is C[C@H]([NH3+])c1cccc2ccccc12.O=C[O-]. The molecule has 0 saturated carbocycles. The molecule has 0 fully saturated rings. The number of fused-ring (bicyclic) bond motifs is 1. The van der Waals surface area contributed by atoms with Crippen LogP contribution in [-0.2, 0) is 4.79 Å². The molecule has 0 bridgehead atoms. The van der Waals surface area contributed by atoms with Crippen LogP contribution >= 0.6 is 0 Å². The number of carbonyl (C=O) groups excluding carboxylic acids is 1. The lowest BCUT2D eigenvalue weighted by Crippen LogP contribution is -2.51. The Kier molecular flexibility index (Phi) is 4.48. The Hall–Kier alpha value is -1.87. The highest BCUT2D eigenvalue weighted by molar-refractivity contribution is 5.85. The van der Waals surface area contributed by atoms with E-state index in [9.17, 15) is 0 Å². The molecular weight excluding hydrogens is 202 g/mol. The van der Waals surface area contributed by atoms with E-state index in [1.54, 1.807) is 0 Å². The smallest absolute Gasteiger partial charge is 0.108 e. The maximum atomic E-state index is 8.25. The fourth-order valence-electron chi connectivity index (χ4n) is 1.68. The second-order valence-corrected chi connectivity index (χ2v) is 3.57. The summed E-state index contributed by atoms with van der Waals surface area (Å²) in [5.41, 5.74) is 5.39. The Morgan fingerprint density at radius 1 is 1.19 bits per heavy atom. The highest BCUT2D eigenvalue weighted by Crippen LogP contribution is 2.21. The topological polar surface area (TPSA) is 67.8 Å². The summed E-state index contributed by atoms with van der Waals surface area (Å²) in [6.07, 6.45) is 0. The Bertz CT molecular complexity index is 461. The molecule has 0 unspecified atom stereocenters. The van der Waals surface area contributed by atoms with Crippen LogP contribution in [0.15, 0.2) is 42.5 Å². The quantitative estimate of drug-likeness (QED) is 0.707. The van der Waals surface area contributed by atoms with Gasteiger partial charge in [-0.1, -0.05) is 42.5 Å². The Balaban J connectivity index is 0.000000386. The van der Waals surface area contributed by atoms with Gasteiger partial charge in [0.2, 0.25) is 0 Å². The lowest BCUT2D eigenvalue weighted by atomic mass is 10.0. The zero-order valence-corrected chi connectivity index (χ0v) is 9.22. The fraction of sp³-hybridized carbons (Fsp3) is 0.154. The first-order valence-electron chi connectivity index (χ1n) is 5.07. The first-order chi connectivity index (χ1) is 7.70. The lowest BCUT2D eigenvalue weighted by Gasteiger charge is -2.06. The molecule has 0 spiro atoms. The molecule has 0 aromatic heterocycles. The predicted octanol–water partition coefficient (Wildman–Crippen LogP) is 0.509. The van der Waals surface area contributed by atoms with Gasteiger partial charge in [0.05, 0.1) is 0 Å². The van der Waals surface area contributed by atoms with Crippen molar-refractivity contribution in [1.29, 1.82) is 0 Å². The number of carboxylic acid groups (broad SMARTS) is 1. The van der Waals surface area contributed by atoms with Crippen LogP contribution in [0.1, 0.15) is 18.5 Å². The van der Waals surface area contributed by atoms with Crippen LogP contribution in [0.5, 0.6) is 0 Å². The molecule has 0 amide bonds. The van der Waals surface area contributed by atoms with Crippen LogP contribution in [0, 0.1) is 0 Å². The zero-order chi connectivity index (χ0) is 12.0. The number of carbonyl (C=O) groups is 1. The highest BCUT2D eigenvalue weighted by atomic mass is 16.3. The van der Waals surface area contributed by atoms with Gasteiger partial charge in [-0.25, -0.2) is 0 Å². The van der Waals surface area contributed by atoms with E-state index in [0.717, 1.165) is 0 Å². The predicted molar refractivity (Wildman–Crippen MR) is 61.3 cm³/mol. The zero-order valence-electron chi connectivity index (χ0n) is 9.22. The van der Waals surface area contributed by atoms with Gasteiger partial charge in [-0.05, 0) is 17.7 Å². The molecule has 0 radical (unpaired) electrons. The van der Waals surface area contributed by atoms with E-state index in [0.29, 0.717) is 6.04 Å². The van der Waals surface area contributed by atoms with Gasteiger partial charge in [-0.3, -0.25) is 0 Å². The normalized spacial score (nSPS) is 11.4. The Morgan fingerprint density at radius 2 is 1.75 bits per heavy atom. The molecule has 0 aliphatic carbocycles. The summed E-state index contributed by atoms with van der Waals surface area (Å²) in [5, 5.41) is 10.9. The van der Waals surface area contributed by atoms with Crippen LogP contribution < -0.4 is 10.8 Å². The third kappa shape index (κ3) is 2.81. The van der Waals surface area contributed by atoms with E-state index < -0.39 is 6.47 Å². The van der Waals surface area contributed by atoms with Crippen LogP contribution in [0.25, 0.3) is 10.8 Å². The lowest BCUT2D eigenvalue weighted by molar-refractivity contribution is -0.420. The first kappa shape index (κ1) is 12.2. The van der Waals surface area contributed by atoms with Crippen molar-refractivity contribution in [2.24, 2.45) is 0 Å². The number of quaternary nitrogens is 1. The maximum absolute atomic E-state index is 8.25. The largest absolute Gasteiger partial charge is 0.554 e. The molecule has 3 N–H and O–H groups in total. The number of rotatable bonds is 1.